The first-order valence-electron chi connectivity index (χ1n) is 19.8. The van der Waals surface area contributed by atoms with Gasteiger partial charge >= 0.3 is 0 Å². The quantitative estimate of drug-likeness (QED) is 0.122. The van der Waals surface area contributed by atoms with Gasteiger partial charge in [-0.25, -0.2) is 0 Å². The molecule has 0 fully saturated rings. The average molecular weight is 726 g/mol. The van der Waals surface area contributed by atoms with E-state index in [9.17, 15) is 0 Å². The maximum Gasteiger partial charge on any atom is 0.0731 e. The highest BCUT2D eigenvalue weighted by molar-refractivity contribution is 6.26. The van der Waals surface area contributed by atoms with Crippen molar-refractivity contribution in [1.29, 1.82) is 0 Å². The highest BCUT2D eigenvalue weighted by Crippen LogP contribution is 2.65. The molecular weight excluding hydrogens is 687 g/mol. The Morgan fingerprint density at radius 1 is 0.456 bits per heavy atom. The summed E-state index contributed by atoms with van der Waals surface area (Å²) in [4.78, 5) is 2.27. The molecule has 0 saturated heterocycles. The lowest BCUT2D eigenvalue weighted by atomic mass is 9.68. The average Bonchev–Trinajstić information content (AvgIpc) is 3.75. The molecule has 1 spiro atoms. The first kappa shape index (κ1) is 33.1. The second kappa shape index (κ2) is 12.9. The van der Waals surface area contributed by atoms with Crippen molar-refractivity contribution in [3.63, 3.8) is 0 Å². The summed E-state index contributed by atoms with van der Waals surface area (Å²) >= 11 is 0. The molecule has 11 rings (SSSR count). The third-order valence-electron chi connectivity index (χ3n) is 12.3. The first-order chi connectivity index (χ1) is 28.2. The zero-order valence-electron chi connectivity index (χ0n) is 31.8. The van der Waals surface area contributed by atoms with Crippen molar-refractivity contribution >= 4 is 43.7 Å². The predicted molar refractivity (Wildman–Crippen MR) is 242 cm³/mol. The van der Waals surface area contributed by atoms with E-state index in [2.05, 4.69) is 206 Å². The molecule has 2 aliphatic rings. The maximum absolute atomic E-state index is 4.19. The van der Waals surface area contributed by atoms with Gasteiger partial charge in [-0.05, 0) is 143 Å². The normalized spacial score (nSPS) is 15.3. The number of nitrogens with zero attached hydrogens (tertiary/aromatic N) is 1. The Balaban J connectivity index is 1.19. The minimum atomic E-state index is -0.505. The summed E-state index contributed by atoms with van der Waals surface area (Å²) in [5, 5.41) is 7.78. The number of anilines is 2. The molecule has 9 aromatic rings. The van der Waals surface area contributed by atoms with Crippen LogP contribution in [0.2, 0.25) is 0 Å². The Hall–Kier alpha value is -7.22. The molecule has 0 bridgehead atoms. The standard InChI is InChI=1S/C56H39N/c1-3-5-18-38(4-2)57(39-19-7-6-8-20-39)40-33-31-37(32-34-40)41-27-17-28-48-46-25-13-15-29-52(46)56(55(41)48)53-30-16-14-26-47(53)51-35-49-44-23-11-9-21-42(44)43-22-10-12-24-45(43)50(49)36-54(51)56/h3-36H,2H2,1H3/b5-3-,38-18+. The molecule has 0 radical (unpaired) electrons. The molecule has 0 N–H and O–H groups in total. The molecule has 0 aliphatic heterocycles. The largest absolute Gasteiger partial charge is 0.311 e. The number of fused-ring (bicyclic) bond motifs is 16. The molecule has 1 nitrogen and oxygen atoms in total. The van der Waals surface area contributed by atoms with Crippen LogP contribution >= 0.6 is 0 Å². The molecule has 9 aromatic carbocycles. The minimum Gasteiger partial charge on any atom is -0.311 e. The van der Waals surface area contributed by atoms with Gasteiger partial charge in [0.15, 0.2) is 0 Å². The Bertz CT molecular complexity index is 3150. The summed E-state index contributed by atoms with van der Waals surface area (Å²) in [6.45, 7) is 6.23. The van der Waals surface area contributed by atoms with Crippen molar-refractivity contribution < 1.29 is 0 Å². The predicted octanol–water partition coefficient (Wildman–Crippen LogP) is 14.9. The van der Waals surface area contributed by atoms with Crippen molar-refractivity contribution in [2.24, 2.45) is 0 Å². The van der Waals surface area contributed by atoms with Crippen LogP contribution in [0.3, 0.4) is 0 Å². The molecule has 268 valence electrons. The molecule has 0 heterocycles. The number of para-hydroxylation sites is 1. The van der Waals surface area contributed by atoms with Crippen LogP contribution in [0.1, 0.15) is 29.2 Å². The third-order valence-corrected chi connectivity index (χ3v) is 12.3. The van der Waals surface area contributed by atoms with E-state index in [1.165, 1.54) is 88.0 Å². The van der Waals surface area contributed by atoms with Gasteiger partial charge in [0.25, 0.3) is 0 Å². The number of benzene rings is 9. The molecular formula is C56H39N. The Morgan fingerprint density at radius 2 is 0.965 bits per heavy atom. The van der Waals surface area contributed by atoms with Gasteiger partial charge in [-0.3, -0.25) is 0 Å². The lowest BCUT2D eigenvalue weighted by Crippen LogP contribution is -2.26. The monoisotopic (exact) mass is 725 g/mol. The smallest absolute Gasteiger partial charge is 0.0731 e. The fraction of sp³-hybridized carbons (Fsp3) is 0.0357. The molecule has 57 heavy (non-hydrogen) atoms. The van der Waals surface area contributed by atoms with Crippen molar-refractivity contribution in [2.75, 3.05) is 4.90 Å². The molecule has 1 heteroatoms. The van der Waals surface area contributed by atoms with Gasteiger partial charge < -0.3 is 4.90 Å². The van der Waals surface area contributed by atoms with Gasteiger partial charge in [-0.2, -0.15) is 0 Å². The molecule has 1 atom stereocenters. The van der Waals surface area contributed by atoms with Gasteiger partial charge in [0.2, 0.25) is 0 Å². The van der Waals surface area contributed by atoms with Gasteiger partial charge in [0.1, 0.15) is 0 Å². The van der Waals surface area contributed by atoms with E-state index in [0.29, 0.717) is 0 Å². The number of hydrogen-bond acceptors (Lipinski definition) is 1. The molecule has 1 unspecified atom stereocenters. The summed E-state index contributed by atoms with van der Waals surface area (Å²) in [7, 11) is 0. The second-order valence-electron chi connectivity index (χ2n) is 15.1. The van der Waals surface area contributed by atoms with Gasteiger partial charge in [0, 0.05) is 17.1 Å². The zero-order valence-corrected chi connectivity index (χ0v) is 31.8. The van der Waals surface area contributed by atoms with Gasteiger partial charge in [0.05, 0.1) is 5.41 Å². The van der Waals surface area contributed by atoms with E-state index >= 15 is 0 Å². The van der Waals surface area contributed by atoms with Crippen molar-refractivity contribution in [1.82, 2.24) is 0 Å². The lowest BCUT2D eigenvalue weighted by molar-refractivity contribution is 0.797. The van der Waals surface area contributed by atoms with Crippen LogP contribution in [-0.4, -0.2) is 0 Å². The van der Waals surface area contributed by atoms with Crippen LogP contribution in [0.15, 0.2) is 219 Å². The van der Waals surface area contributed by atoms with E-state index in [1.54, 1.807) is 0 Å². The Morgan fingerprint density at radius 3 is 1.60 bits per heavy atom. The van der Waals surface area contributed by atoms with Crippen molar-refractivity contribution in [3.05, 3.63) is 241 Å². The lowest BCUT2D eigenvalue weighted by Gasteiger charge is -2.32. The summed E-state index contributed by atoms with van der Waals surface area (Å²) in [6, 6.07) is 67.7. The number of hydrogen-bond donors (Lipinski definition) is 0. The van der Waals surface area contributed by atoms with Crippen LogP contribution < -0.4 is 4.90 Å². The number of allylic oxidation sites excluding steroid dienone is 4. The molecule has 0 amide bonds. The molecule has 2 aliphatic carbocycles. The Kier molecular flexibility index (Phi) is 7.52. The van der Waals surface area contributed by atoms with Crippen LogP contribution in [0, 0.1) is 0 Å². The summed E-state index contributed by atoms with van der Waals surface area (Å²) in [6.07, 6.45) is 8.16. The maximum atomic E-state index is 4.19. The van der Waals surface area contributed by atoms with Crippen LogP contribution in [-0.2, 0) is 5.41 Å². The van der Waals surface area contributed by atoms with E-state index in [1.807, 2.05) is 19.1 Å². The highest BCUT2D eigenvalue weighted by Gasteiger charge is 2.53. The van der Waals surface area contributed by atoms with Crippen LogP contribution in [0.25, 0.3) is 65.7 Å². The summed E-state index contributed by atoms with van der Waals surface area (Å²) in [5.41, 5.74) is 15.7. The topological polar surface area (TPSA) is 3.24 Å². The van der Waals surface area contributed by atoms with Crippen molar-refractivity contribution in [3.8, 4) is 33.4 Å². The minimum absolute atomic E-state index is 0.505. The summed E-state index contributed by atoms with van der Waals surface area (Å²) < 4.78 is 0. The number of rotatable bonds is 6. The molecule has 0 saturated carbocycles. The van der Waals surface area contributed by atoms with E-state index in [-0.39, 0.29) is 0 Å². The second-order valence-corrected chi connectivity index (χ2v) is 15.1. The molecule has 0 aromatic heterocycles. The van der Waals surface area contributed by atoms with Crippen LogP contribution in [0.5, 0.6) is 0 Å². The third kappa shape index (κ3) is 4.70. The fourth-order valence-electron chi connectivity index (χ4n) is 10.1. The van der Waals surface area contributed by atoms with Gasteiger partial charge in [-0.15, -0.1) is 0 Å². The zero-order chi connectivity index (χ0) is 38.1. The fourth-order valence-corrected chi connectivity index (χ4v) is 10.1. The van der Waals surface area contributed by atoms with Gasteiger partial charge in [-0.1, -0.05) is 164 Å². The van der Waals surface area contributed by atoms with Crippen LogP contribution in [0.4, 0.5) is 11.4 Å². The van der Waals surface area contributed by atoms with E-state index < -0.39 is 5.41 Å². The van der Waals surface area contributed by atoms with E-state index in [4.69, 9.17) is 0 Å². The van der Waals surface area contributed by atoms with Crippen molar-refractivity contribution in [2.45, 2.75) is 12.3 Å². The SMILES string of the molecule is C=C/C(=C\C=C/C)N(c1ccccc1)c1ccc(-c2cccc3c2C2(c4ccccc4-c4cc5c6ccccc6c6ccccc6c5cc42)c2ccccc2-3)cc1. The Labute approximate surface area is 333 Å². The first-order valence-corrected chi connectivity index (χ1v) is 19.8. The van der Waals surface area contributed by atoms with E-state index in [0.717, 1.165) is 17.1 Å². The summed E-state index contributed by atoms with van der Waals surface area (Å²) in [5.74, 6) is 0. The highest BCUT2D eigenvalue weighted by atomic mass is 15.1.